The molecule has 1 saturated heterocycles. The molecule has 14 heteroatoms. The summed E-state index contributed by atoms with van der Waals surface area (Å²) in [7, 11) is 2.99. The molecule has 2 aliphatic heterocycles. The number of thiazole rings is 1. The molecule has 2 N–H and O–H groups in total. The Hall–Kier alpha value is -5.08. The van der Waals surface area contributed by atoms with Crippen molar-refractivity contribution in [1.82, 2.24) is 4.57 Å². The Morgan fingerprint density at radius 2 is 1.62 bits per heavy atom. The summed E-state index contributed by atoms with van der Waals surface area (Å²) in [6, 6.07) is 17.1. The lowest BCUT2D eigenvalue weighted by Crippen LogP contribution is -2.33. The first-order valence-electron chi connectivity index (χ1n) is 14.5. The molecule has 0 aliphatic carbocycles. The highest BCUT2D eigenvalue weighted by Gasteiger charge is 2.57. The molecule has 0 saturated carbocycles. The van der Waals surface area contributed by atoms with E-state index in [-0.39, 0.29) is 24.5 Å². The number of phenolic OH excluding ortho intramolecular Hbond substituents is 1. The summed E-state index contributed by atoms with van der Waals surface area (Å²) in [6.07, 6.45) is 0. The lowest BCUT2D eigenvalue weighted by atomic mass is 9.83. The van der Waals surface area contributed by atoms with Crippen molar-refractivity contribution < 1.29 is 38.5 Å². The summed E-state index contributed by atoms with van der Waals surface area (Å²) >= 11 is 2.00. The quantitative estimate of drug-likeness (QED) is 0.150. The van der Waals surface area contributed by atoms with Crippen LogP contribution >= 0.6 is 23.1 Å². The second kappa shape index (κ2) is 13.0. The maximum atomic E-state index is 14.2. The summed E-state index contributed by atoms with van der Waals surface area (Å²) < 4.78 is 17.3. The van der Waals surface area contributed by atoms with Crippen molar-refractivity contribution >= 4 is 58.2 Å². The van der Waals surface area contributed by atoms with E-state index in [1.807, 2.05) is 0 Å². The first-order chi connectivity index (χ1) is 22.6. The van der Waals surface area contributed by atoms with Crippen LogP contribution in [-0.2, 0) is 25.7 Å². The predicted octanol–water partition coefficient (Wildman–Crippen LogP) is 4.24. The average molecular weight is 676 g/mol. The zero-order valence-electron chi connectivity index (χ0n) is 25.4. The van der Waals surface area contributed by atoms with E-state index in [0.29, 0.717) is 38.3 Å². The van der Waals surface area contributed by atoms with Gasteiger partial charge in [0.1, 0.15) is 17.5 Å². The number of hydrogen-bond acceptors (Lipinski definition) is 11. The van der Waals surface area contributed by atoms with Gasteiger partial charge in [-0.3, -0.25) is 23.7 Å². The molecule has 6 rings (SSSR count). The lowest BCUT2D eigenvalue weighted by molar-refractivity contribution is -0.122. The summed E-state index contributed by atoms with van der Waals surface area (Å²) in [5.41, 5.74) is 1.63. The van der Waals surface area contributed by atoms with E-state index in [1.54, 1.807) is 25.1 Å². The Kier molecular flexibility index (Phi) is 8.80. The fourth-order valence-corrected chi connectivity index (χ4v) is 8.54. The number of amides is 3. The van der Waals surface area contributed by atoms with Crippen molar-refractivity contribution in [1.29, 1.82) is 0 Å². The molecule has 3 atom stereocenters. The SMILES string of the molecule is CCOC(=O)c1ccc(N2C(=O)C3Sc4c(sc(=O)n4CC(=O)Nc4ccc(O)cc4)C(c4ccc(OC)c(OC)c4)C3C2=O)cc1. The largest absolute Gasteiger partial charge is 0.508 e. The zero-order chi connectivity index (χ0) is 33.4. The molecule has 3 amide bonds. The van der Waals surface area contributed by atoms with Gasteiger partial charge in [0.2, 0.25) is 17.7 Å². The number of esters is 1. The highest BCUT2D eigenvalue weighted by Crippen LogP contribution is 2.54. The number of rotatable bonds is 9. The number of benzene rings is 3. The predicted molar refractivity (Wildman–Crippen MR) is 175 cm³/mol. The van der Waals surface area contributed by atoms with Crippen LogP contribution in [0, 0.1) is 5.92 Å². The number of imide groups is 1. The van der Waals surface area contributed by atoms with Crippen molar-refractivity contribution in [2.45, 2.75) is 29.7 Å². The number of aromatic nitrogens is 1. The molecular formula is C33H29N3O9S2. The molecule has 3 unspecified atom stereocenters. The fraction of sp³-hybridized carbons (Fsp3) is 0.242. The van der Waals surface area contributed by atoms with Gasteiger partial charge in [-0.25, -0.2) is 9.69 Å². The normalized spacial score (nSPS) is 18.4. The van der Waals surface area contributed by atoms with Crippen molar-refractivity contribution in [3.05, 3.63) is 92.4 Å². The molecule has 3 aromatic carbocycles. The van der Waals surface area contributed by atoms with E-state index in [4.69, 9.17) is 14.2 Å². The fourth-order valence-electron chi connectivity index (χ4n) is 5.77. The number of aromatic hydroxyl groups is 1. The van der Waals surface area contributed by atoms with Gasteiger partial charge in [-0.2, -0.15) is 0 Å². The van der Waals surface area contributed by atoms with E-state index in [0.717, 1.165) is 28.0 Å². The van der Waals surface area contributed by atoms with Crippen LogP contribution in [0.2, 0.25) is 0 Å². The minimum atomic E-state index is -0.918. The van der Waals surface area contributed by atoms with Gasteiger partial charge in [-0.15, -0.1) is 0 Å². The standard InChI is InChI=1S/C33H29N3O9S2/c1-4-45-32(41)17-5-10-20(11-6-17)36-29(39)26-25(18-7-14-22(43-2)23(15-18)44-3)28-31(46-27(26)30(36)40)35(33(42)47-28)16-24(38)34-19-8-12-21(37)13-9-19/h5-15,25-27,37H,4,16H2,1-3H3,(H,34,38). The maximum Gasteiger partial charge on any atom is 0.338 e. The third-order valence-electron chi connectivity index (χ3n) is 7.91. The first-order valence-corrected chi connectivity index (χ1v) is 16.2. The molecule has 242 valence electrons. The number of carbonyl (C=O) groups excluding carboxylic acids is 4. The number of hydrogen-bond donors (Lipinski definition) is 2. The number of carbonyl (C=O) groups is 4. The molecule has 0 spiro atoms. The number of fused-ring (bicyclic) bond motifs is 2. The molecule has 12 nitrogen and oxygen atoms in total. The average Bonchev–Trinajstić information content (AvgIpc) is 3.51. The second-order valence-corrected chi connectivity index (χ2v) is 12.8. The maximum absolute atomic E-state index is 14.2. The highest BCUT2D eigenvalue weighted by molar-refractivity contribution is 8.00. The minimum absolute atomic E-state index is 0.0399. The Morgan fingerprint density at radius 1 is 0.915 bits per heavy atom. The van der Waals surface area contributed by atoms with Crippen LogP contribution in [0.5, 0.6) is 17.2 Å². The lowest BCUT2D eigenvalue weighted by Gasteiger charge is -2.31. The summed E-state index contributed by atoms with van der Waals surface area (Å²) in [4.78, 5) is 68.2. The van der Waals surface area contributed by atoms with Gasteiger partial charge in [0.15, 0.2) is 11.5 Å². The van der Waals surface area contributed by atoms with Gasteiger partial charge < -0.3 is 24.6 Å². The molecule has 3 heterocycles. The highest BCUT2D eigenvalue weighted by atomic mass is 32.2. The third-order valence-corrected chi connectivity index (χ3v) is 10.5. The molecule has 0 bridgehead atoms. The Labute approximate surface area is 276 Å². The number of anilines is 2. The van der Waals surface area contributed by atoms with E-state index < -0.39 is 45.6 Å². The minimum Gasteiger partial charge on any atom is -0.508 e. The van der Waals surface area contributed by atoms with Gasteiger partial charge in [-0.05, 0) is 73.2 Å². The third kappa shape index (κ3) is 5.85. The van der Waals surface area contributed by atoms with Crippen LogP contribution in [0.25, 0.3) is 0 Å². The number of thioether (sulfide) groups is 1. The van der Waals surface area contributed by atoms with Crippen LogP contribution in [0.1, 0.15) is 33.6 Å². The molecule has 2 aliphatic rings. The van der Waals surface area contributed by atoms with Gasteiger partial charge in [0.25, 0.3) is 0 Å². The number of ether oxygens (including phenoxy) is 3. The van der Waals surface area contributed by atoms with Gasteiger partial charge in [-0.1, -0.05) is 29.2 Å². The Balaban J connectivity index is 1.40. The smallest absolute Gasteiger partial charge is 0.338 e. The van der Waals surface area contributed by atoms with E-state index >= 15 is 0 Å². The van der Waals surface area contributed by atoms with Crippen LogP contribution in [0.3, 0.4) is 0 Å². The first kappa shape index (κ1) is 31.9. The monoisotopic (exact) mass is 675 g/mol. The number of nitrogens with one attached hydrogen (secondary N) is 1. The Morgan fingerprint density at radius 3 is 2.28 bits per heavy atom. The Bertz CT molecular complexity index is 1940. The van der Waals surface area contributed by atoms with Crippen LogP contribution < -0.4 is 24.6 Å². The van der Waals surface area contributed by atoms with E-state index in [2.05, 4.69) is 5.32 Å². The van der Waals surface area contributed by atoms with Crippen molar-refractivity contribution in [3.63, 3.8) is 0 Å². The van der Waals surface area contributed by atoms with Crippen molar-refractivity contribution in [2.24, 2.45) is 5.92 Å². The van der Waals surface area contributed by atoms with Gasteiger partial charge in [0.05, 0.1) is 43.0 Å². The number of phenols is 1. The van der Waals surface area contributed by atoms with E-state index in [1.165, 1.54) is 67.3 Å². The van der Waals surface area contributed by atoms with Crippen LogP contribution in [0.4, 0.5) is 11.4 Å². The van der Waals surface area contributed by atoms with Gasteiger partial charge >= 0.3 is 10.8 Å². The van der Waals surface area contributed by atoms with Gasteiger partial charge in [0, 0.05) is 16.5 Å². The molecule has 0 radical (unpaired) electrons. The number of nitrogens with zero attached hydrogens (tertiary/aromatic N) is 2. The second-order valence-electron chi connectivity index (χ2n) is 10.7. The topological polar surface area (TPSA) is 153 Å². The van der Waals surface area contributed by atoms with Crippen LogP contribution in [-0.4, -0.2) is 59.4 Å². The molecule has 4 aromatic rings. The summed E-state index contributed by atoms with van der Waals surface area (Å²) in [5.74, 6) is -2.65. The van der Waals surface area contributed by atoms with Crippen LogP contribution in [0.15, 0.2) is 76.6 Å². The number of methoxy groups -OCH3 is 2. The molecule has 1 fully saturated rings. The van der Waals surface area contributed by atoms with E-state index in [9.17, 15) is 29.1 Å². The van der Waals surface area contributed by atoms with Crippen molar-refractivity contribution in [3.8, 4) is 17.2 Å². The molecule has 1 aromatic heterocycles. The van der Waals surface area contributed by atoms with Crippen molar-refractivity contribution in [2.75, 3.05) is 31.0 Å². The zero-order valence-corrected chi connectivity index (χ0v) is 27.1. The molecule has 47 heavy (non-hydrogen) atoms. The summed E-state index contributed by atoms with van der Waals surface area (Å²) in [6.45, 7) is 1.56. The molecular weight excluding hydrogens is 647 g/mol. The summed E-state index contributed by atoms with van der Waals surface area (Å²) in [5, 5.41) is 11.8.